The standard InChI is InChI=1S/C2H3F3.CH3NO2/c1-2(3,4)5;1-2(3)4/h1H3;1H3. The van der Waals surface area contributed by atoms with E-state index in [0.717, 1.165) is 7.05 Å². The van der Waals surface area contributed by atoms with Crippen molar-refractivity contribution in [1.82, 2.24) is 0 Å². The fraction of sp³-hybridized carbons (Fsp3) is 1.00. The van der Waals surface area contributed by atoms with E-state index in [1.165, 1.54) is 0 Å². The molecule has 0 aromatic rings. The topological polar surface area (TPSA) is 43.1 Å². The summed E-state index contributed by atoms with van der Waals surface area (Å²) in [5, 5.41) is 8.81. The zero-order valence-corrected chi connectivity index (χ0v) is 4.90. The minimum atomic E-state index is -4.00. The van der Waals surface area contributed by atoms with E-state index in [2.05, 4.69) is 0 Å². The second-order valence-corrected chi connectivity index (χ2v) is 1.22. The molecular weight excluding hydrogens is 139 g/mol. The van der Waals surface area contributed by atoms with Crippen molar-refractivity contribution in [2.24, 2.45) is 0 Å². The fourth-order valence-corrected chi connectivity index (χ4v) is 0. The Labute approximate surface area is 49.6 Å². The van der Waals surface area contributed by atoms with Gasteiger partial charge in [-0.1, -0.05) is 0 Å². The zero-order chi connectivity index (χ0) is 8.08. The predicted molar refractivity (Wildman–Crippen MR) is 24.6 cm³/mol. The number of halogens is 3. The molecule has 0 amide bonds. The molecule has 0 aliphatic heterocycles. The van der Waals surface area contributed by atoms with Crippen molar-refractivity contribution >= 4 is 0 Å². The number of hydrogen-bond acceptors (Lipinski definition) is 2. The third kappa shape index (κ3) is 295. The molecule has 0 saturated carbocycles. The van der Waals surface area contributed by atoms with Crippen molar-refractivity contribution in [2.75, 3.05) is 7.05 Å². The third-order valence-electron chi connectivity index (χ3n) is 0. The van der Waals surface area contributed by atoms with E-state index in [4.69, 9.17) is 10.1 Å². The van der Waals surface area contributed by atoms with Gasteiger partial charge in [0.25, 0.3) is 0 Å². The second-order valence-electron chi connectivity index (χ2n) is 1.22. The minimum Gasteiger partial charge on any atom is -0.265 e. The van der Waals surface area contributed by atoms with Crippen molar-refractivity contribution in [1.29, 1.82) is 0 Å². The van der Waals surface area contributed by atoms with Crippen LogP contribution in [0.1, 0.15) is 6.92 Å². The van der Waals surface area contributed by atoms with Gasteiger partial charge in [0.1, 0.15) is 0 Å². The van der Waals surface area contributed by atoms with Gasteiger partial charge in [-0.05, 0) is 0 Å². The van der Waals surface area contributed by atoms with Gasteiger partial charge in [0.15, 0.2) is 7.05 Å². The van der Waals surface area contributed by atoms with E-state index in [-0.39, 0.29) is 6.92 Å². The summed E-state index contributed by atoms with van der Waals surface area (Å²) in [5.41, 5.74) is 0. The van der Waals surface area contributed by atoms with E-state index in [9.17, 15) is 13.2 Å². The summed E-state index contributed by atoms with van der Waals surface area (Å²) in [4.78, 5) is 8.31. The normalized spacial score (nSPS) is 9.44. The second kappa shape index (κ2) is 4.11. The van der Waals surface area contributed by atoms with E-state index in [1.54, 1.807) is 0 Å². The zero-order valence-electron chi connectivity index (χ0n) is 4.90. The maximum absolute atomic E-state index is 10.4. The molecule has 0 aliphatic rings. The lowest BCUT2D eigenvalue weighted by atomic mass is 10.8. The van der Waals surface area contributed by atoms with Crippen LogP contribution < -0.4 is 0 Å². The number of rotatable bonds is 0. The Hall–Kier alpha value is -0.810. The Bertz CT molecular complexity index is 79.5. The lowest BCUT2D eigenvalue weighted by Crippen LogP contribution is -1.95. The Kier molecular flexibility index (Phi) is 5.04. The van der Waals surface area contributed by atoms with Crippen LogP contribution in [0.5, 0.6) is 0 Å². The first-order valence-electron chi connectivity index (χ1n) is 1.88. The first kappa shape index (κ1) is 11.0. The summed E-state index contributed by atoms with van der Waals surface area (Å²) in [6, 6.07) is 0. The average molecular weight is 145 g/mol. The van der Waals surface area contributed by atoms with Gasteiger partial charge in [-0.2, -0.15) is 13.2 Å². The lowest BCUT2D eigenvalue weighted by molar-refractivity contribution is -0.445. The van der Waals surface area contributed by atoms with Crippen LogP contribution in [0.15, 0.2) is 0 Å². The van der Waals surface area contributed by atoms with Crippen LogP contribution in [-0.2, 0) is 0 Å². The number of alkyl halides is 3. The van der Waals surface area contributed by atoms with E-state index >= 15 is 0 Å². The van der Waals surface area contributed by atoms with Crippen molar-refractivity contribution in [2.45, 2.75) is 13.1 Å². The highest BCUT2D eigenvalue weighted by Gasteiger charge is 2.15. The Morgan fingerprint density at radius 1 is 1.44 bits per heavy atom. The van der Waals surface area contributed by atoms with Crippen LogP contribution in [0.4, 0.5) is 13.2 Å². The molecule has 3 nitrogen and oxygen atoms in total. The van der Waals surface area contributed by atoms with Crippen molar-refractivity contribution in [3.63, 3.8) is 0 Å². The molecule has 0 radical (unpaired) electrons. The van der Waals surface area contributed by atoms with Crippen molar-refractivity contribution < 1.29 is 18.1 Å². The van der Waals surface area contributed by atoms with Gasteiger partial charge in [-0.15, -0.1) is 0 Å². The van der Waals surface area contributed by atoms with Crippen LogP contribution in [-0.4, -0.2) is 18.1 Å². The summed E-state index contributed by atoms with van der Waals surface area (Å²) in [6.07, 6.45) is -4.00. The van der Waals surface area contributed by atoms with Crippen LogP contribution in [0.2, 0.25) is 0 Å². The molecule has 0 rings (SSSR count). The molecular formula is C3H6F3NO2. The molecule has 0 aromatic carbocycles. The van der Waals surface area contributed by atoms with Crippen molar-refractivity contribution in [3.05, 3.63) is 10.1 Å². The molecule has 0 heterocycles. The highest BCUT2D eigenvalue weighted by Crippen LogP contribution is 2.10. The molecule has 0 N–H and O–H groups in total. The molecule has 0 fully saturated rings. The maximum atomic E-state index is 10.4. The summed E-state index contributed by atoms with van der Waals surface area (Å²) < 4.78 is 31.1. The molecule has 0 unspecified atom stereocenters. The van der Waals surface area contributed by atoms with E-state index in [0.29, 0.717) is 0 Å². The van der Waals surface area contributed by atoms with Gasteiger partial charge in [0.2, 0.25) is 0 Å². The highest BCUT2D eigenvalue weighted by atomic mass is 19.4. The third-order valence-corrected chi connectivity index (χ3v) is 0. The summed E-state index contributed by atoms with van der Waals surface area (Å²) in [5.74, 6) is 0. The van der Waals surface area contributed by atoms with Gasteiger partial charge in [0, 0.05) is 11.8 Å². The van der Waals surface area contributed by atoms with Crippen LogP contribution in [0, 0.1) is 10.1 Å². The summed E-state index contributed by atoms with van der Waals surface area (Å²) >= 11 is 0. The van der Waals surface area contributed by atoms with Gasteiger partial charge >= 0.3 is 6.18 Å². The van der Waals surface area contributed by atoms with Gasteiger partial charge in [-0.3, -0.25) is 10.1 Å². The maximum Gasteiger partial charge on any atom is 0.386 e. The lowest BCUT2D eigenvalue weighted by Gasteiger charge is -1.88. The number of hydrogen-bond donors (Lipinski definition) is 0. The molecule has 0 aliphatic carbocycles. The van der Waals surface area contributed by atoms with E-state index in [1.807, 2.05) is 0 Å². The Balaban J connectivity index is 0. The first-order valence-corrected chi connectivity index (χ1v) is 1.88. The minimum absolute atomic E-state index is 0.188. The van der Waals surface area contributed by atoms with Gasteiger partial charge < -0.3 is 0 Å². The number of nitro groups is 1. The molecule has 0 saturated heterocycles. The highest BCUT2D eigenvalue weighted by molar-refractivity contribution is 4.26. The van der Waals surface area contributed by atoms with Gasteiger partial charge in [0.05, 0.1) is 0 Å². The smallest absolute Gasteiger partial charge is 0.265 e. The molecule has 56 valence electrons. The first-order chi connectivity index (χ1) is 3.73. The van der Waals surface area contributed by atoms with E-state index < -0.39 is 11.1 Å². The predicted octanol–water partition coefficient (Wildman–Crippen LogP) is 1.46. The quantitative estimate of drug-likeness (QED) is 0.382. The Morgan fingerprint density at radius 2 is 1.44 bits per heavy atom. The molecule has 0 aromatic heterocycles. The Morgan fingerprint density at radius 3 is 1.44 bits per heavy atom. The largest absolute Gasteiger partial charge is 0.386 e. The summed E-state index contributed by atoms with van der Waals surface area (Å²) in [6.45, 7) is 0.188. The van der Waals surface area contributed by atoms with Gasteiger partial charge in [-0.25, -0.2) is 0 Å². The van der Waals surface area contributed by atoms with Crippen molar-refractivity contribution in [3.8, 4) is 0 Å². The molecule has 0 bridgehead atoms. The van der Waals surface area contributed by atoms with Crippen LogP contribution in [0.25, 0.3) is 0 Å². The monoisotopic (exact) mass is 145 g/mol. The SMILES string of the molecule is CC(F)(F)F.C[N+](=O)[O-]. The van der Waals surface area contributed by atoms with Crippen LogP contribution >= 0.6 is 0 Å². The molecule has 6 heteroatoms. The van der Waals surface area contributed by atoms with Crippen LogP contribution in [0.3, 0.4) is 0 Å². The fourth-order valence-electron chi connectivity index (χ4n) is 0. The average Bonchev–Trinajstić information content (AvgIpc) is 1.19. The molecule has 0 spiro atoms. The summed E-state index contributed by atoms with van der Waals surface area (Å²) in [7, 11) is 0.889. The molecule has 0 atom stereocenters. The molecule has 9 heavy (non-hydrogen) atoms. The number of nitrogens with zero attached hydrogens (tertiary/aromatic N) is 1.